The first-order valence-electron chi connectivity index (χ1n) is 4.58. The number of esters is 1. The van der Waals surface area contributed by atoms with E-state index in [1.165, 1.54) is 0 Å². The molecule has 0 aliphatic carbocycles. The monoisotopic (exact) mass is 208 g/mol. The van der Waals surface area contributed by atoms with E-state index in [-0.39, 0.29) is 13.0 Å². The van der Waals surface area contributed by atoms with Gasteiger partial charge in [-0.05, 0) is 12.1 Å². The Hall–Kier alpha value is -1.68. The zero-order valence-electron chi connectivity index (χ0n) is 8.13. The Kier molecular flexibility index (Phi) is 4.50. The maximum atomic E-state index is 11.3. The average molecular weight is 208 g/mol. The number of rotatable bonds is 5. The number of ether oxygens (including phenoxy) is 1. The van der Waals surface area contributed by atoms with Crippen molar-refractivity contribution in [1.29, 1.82) is 0 Å². The normalized spacial score (nSPS) is 11.8. The van der Waals surface area contributed by atoms with Gasteiger partial charge in [0, 0.05) is 6.42 Å². The summed E-state index contributed by atoms with van der Waals surface area (Å²) in [4.78, 5) is 21.4. The van der Waals surface area contributed by atoms with Crippen LogP contribution in [-0.2, 0) is 9.53 Å². The molecule has 1 aromatic carbocycles. The lowest BCUT2D eigenvalue weighted by Crippen LogP contribution is -2.18. The maximum absolute atomic E-state index is 11.3. The highest BCUT2D eigenvalue weighted by Gasteiger charge is 2.09. The largest absolute Gasteiger partial charge is 0.459 e. The maximum Gasteiger partial charge on any atom is 0.338 e. The predicted octanol–water partition coefficient (Wildman–Crippen LogP) is 0.793. The molecular weight excluding hydrogens is 196 g/mol. The van der Waals surface area contributed by atoms with Gasteiger partial charge in [-0.3, -0.25) is 0 Å². The molecule has 1 N–H and O–H groups in total. The first-order valence-corrected chi connectivity index (χ1v) is 4.58. The van der Waals surface area contributed by atoms with Crippen molar-refractivity contribution in [3.05, 3.63) is 35.9 Å². The van der Waals surface area contributed by atoms with Crippen LogP contribution < -0.4 is 0 Å². The fourth-order valence-corrected chi connectivity index (χ4v) is 1.01. The zero-order chi connectivity index (χ0) is 11.1. The van der Waals surface area contributed by atoms with Gasteiger partial charge in [0.1, 0.15) is 12.9 Å². The first-order chi connectivity index (χ1) is 7.24. The number of aliphatic hydroxyl groups excluding tert-OH is 1. The summed E-state index contributed by atoms with van der Waals surface area (Å²) in [6.07, 6.45) is -0.363. The van der Waals surface area contributed by atoms with Gasteiger partial charge in [0.25, 0.3) is 0 Å². The van der Waals surface area contributed by atoms with Crippen LogP contribution >= 0.6 is 0 Å². The van der Waals surface area contributed by atoms with Crippen LogP contribution in [0.3, 0.4) is 0 Å². The minimum absolute atomic E-state index is 0.0257. The second-order valence-electron chi connectivity index (χ2n) is 3.02. The predicted molar refractivity (Wildman–Crippen MR) is 53.4 cm³/mol. The number of hydrogen-bond donors (Lipinski definition) is 1. The lowest BCUT2D eigenvalue weighted by atomic mass is 10.2. The zero-order valence-corrected chi connectivity index (χ0v) is 8.13. The quantitative estimate of drug-likeness (QED) is 0.574. The van der Waals surface area contributed by atoms with Crippen molar-refractivity contribution in [3.63, 3.8) is 0 Å². The lowest BCUT2D eigenvalue weighted by Gasteiger charge is -2.08. The third kappa shape index (κ3) is 3.91. The SMILES string of the molecule is O=CCC(O)COC(=O)c1ccccc1. The summed E-state index contributed by atoms with van der Waals surface area (Å²) < 4.78 is 4.79. The molecule has 1 unspecified atom stereocenters. The number of benzene rings is 1. The van der Waals surface area contributed by atoms with Gasteiger partial charge in [0.05, 0.1) is 11.7 Å². The fraction of sp³-hybridized carbons (Fsp3) is 0.273. The van der Waals surface area contributed by atoms with Gasteiger partial charge >= 0.3 is 5.97 Å². The molecule has 1 aromatic rings. The number of carbonyl (C=O) groups is 2. The van der Waals surface area contributed by atoms with Crippen molar-refractivity contribution in [1.82, 2.24) is 0 Å². The van der Waals surface area contributed by atoms with Crippen LogP contribution in [0.25, 0.3) is 0 Å². The molecule has 4 heteroatoms. The molecule has 0 aromatic heterocycles. The molecule has 0 radical (unpaired) electrons. The Bertz CT molecular complexity index is 321. The van der Waals surface area contributed by atoms with Crippen LogP contribution in [0.2, 0.25) is 0 Å². The molecule has 0 amide bonds. The van der Waals surface area contributed by atoms with Crippen molar-refractivity contribution < 1.29 is 19.4 Å². The first kappa shape index (κ1) is 11.4. The van der Waals surface area contributed by atoms with Crippen LogP contribution in [-0.4, -0.2) is 30.1 Å². The number of aldehydes is 1. The molecular formula is C11H12O4. The van der Waals surface area contributed by atoms with Crippen LogP contribution in [0, 0.1) is 0 Å². The van der Waals surface area contributed by atoms with E-state index >= 15 is 0 Å². The van der Waals surface area contributed by atoms with E-state index in [0.29, 0.717) is 11.8 Å². The summed E-state index contributed by atoms with van der Waals surface area (Å²) in [6.45, 7) is -0.160. The second kappa shape index (κ2) is 5.93. The van der Waals surface area contributed by atoms with Crippen LogP contribution in [0.4, 0.5) is 0 Å². The Morgan fingerprint density at radius 1 is 1.40 bits per heavy atom. The van der Waals surface area contributed by atoms with Crippen molar-refractivity contribution in [2.24, 2.45) is 0 Å². The van der Waals surface area contributed by atoms with E-state index < -0.39 is 12.1 Å². The topological polar surface area (TPSA) is 63.6 Å². The van der Waals surface area contributed by atoms with Gasteiger partial charge in [-0.25, -0.2) is 4.79 Å². The summed E-state index contributed by atoms with van der Waals surface area (Å²) in [5.74, 6) is -0.499. The highest BCUT2D eigenvalue weighted by Crippen LogP contribution is 2.01. The van der Waals surface area contributed by atoms with E-state index in [1.54, 1.807) is 30.3 Å². The molecule has 0 bridgehead atoms. The molecule has 80 valence electrons. The summed E-state index contributed by atoms with van der Waals surface area (Å²) in [6, 6.07) is 8.47. The Labute approximate surface area is 87.5 Å². The molecule has 0 saturated heterocycles. The summed E-state index contributed by atoms with van der Waals surface area (Å²) >= 11 is 0. The summed E-state index contributed by atoms with van der Waals surface area (Å²) in [5, 5.41) is 9.14. The molecule has 0 aliphatic heterocycles. The van der Waals surface area contributed by atoms with Crippen molar-refractivity contribution in [3.8, 4) is 0 Å². The third-order valence-electron chi connectivity index (χ3n) is 1.78. The van der Waals surface area contributed by atoms with Crippen LogP contribution in [0.15, 0.2) is 30.3 Å². The standard InChI is InChI=1S/C11H12O4/c12-7-6-10(13)8-15-11(14)9-4-2-1-3-5-9/h1-5,7,10,13H,6,8H2. The Morgan fingerprint density at radius 3 is 2.67 bits per heavy atom. The highest BCUT2D eigenvalue weighted by molar-refractivity contribution is 5.89. The van der Waals surface area contributed by atoms with E-state index in [1.807, 2.05) is 0 Å². The average Bonchev–Trinajstić information content (AvgIpc) is 2.27. The molecule has 0 spiro atoms. The van der Waals surface area contributed by atoms with Gasteiger partial charge < -0.3 is 14.6 Å². The van der Waals surface area contributed by atoms with Gasteiger partial charge in [-0.1, -0.05) is 18.2 Å². The number of aliphatic hydroxyl groups is 1. The molecule has 15 heavy (non-hydrogen) atoms. The van der Waals surface area contributed by atoms with Gasteiger partial charge in [0.2, 0.25) is 0 Å². The van der Waals surface area contributed by atoms with Gasteiger partial charge in [-0.15, -0.1) is 0 Å². The molecule has 4 nitrogen and oxygen atoms in total. The summed E-state index contributed by atoms with van der Waals surface area (Å²) in [7, 11) is 0. The van der Waals surface area contributed by atoms with E-state index in [0.717, 1.165) is 0 Å². The van der Waals surface area contributed by atoms with Crippen molar-refractivity contribution in [2.45, 2.75) is 12.5 Å². The van der Waals surface area contributed by atoms with Crippen molar-refractivity contribution in [2.75, 3.05) is 6.61 Å². The fourth-order valence-electron chi connectivity index (χ4n) is 1.01. The van der Waals surface area contributed by atoms with Crippen molar-refractivity contribution >= 4 is 12.3 Å². The molecule has 0 aliphatic rings. The Morgan fingerprint density at radius 2 is 2.07 bits per heavy atom. The molecule has 1 rings (SSSR count). The minimum Gasteiger partial charge on any atom is -0.459 e. The van der Waals surface area contributed by atoms with Gasteiger partial charge in [0.15, 0.2) is 0 Å². The molecule has 0 heterocycles. The van der Waals surface area contributed by atoms with Crippen LogP contribution in [0.1, 0.15) is 16.8 Å². The van der Waals surface area contributed by atoms with Gasteiger partial charge in [-0.2, -0.15) is 0 Å². The molecule has 1 atom stereocenters. The van der Waals surface area contributed by atoms with E-state index in [4.69, 9.17) is 9.84 Å². The number of carbonyl (C=O) groups excluding carboxylic acids is 2. The third-order valence-corrected chi connectivity index (χ3v) is 1.78. The summed E-state index contributed by atoms with van der Waals surface area (Å²) in [5.41, 5.74) is 0.427. The molecule has 0 fully saturated rings. The second-order valence-corrected chi connectivity index (χ2v) is 3.02. The van der Waals surface area contributed by atoms with Crippen LogP contribution in [0.5, 0.6) is 0 Å². The lowest BCUT2D eigenvalue weighted by molar-refractivity contribution is -0.110. The smallest absolute Gasteiger partial charge is 0.338 e. The van der Waals surface area contributed by atoms with E-state index in [2.05, 4.69) is 0 Å². The highest BCUT2D eigenvalue weighted by atomic mass is 16.5. The number of hydrogen-bond acceptors (Lipinski definition) is 4. The minimum atomic E-state index is -0.921. The Balaban J connectivity index is 2.40. The van der Waals surface area contributed by atoms with E-state index in [9.17, 15) is 9.59 Å². The molecule has 0 saturated carbocycles.